The molecule has 7 nitrogen and oxygen atoms in total. The second-order valence-electron chi connectivity index (χ2n) is 6.74. The van der Waals surface area contributed by atoms with Gasteiger partial charge >= 0.3 is 0 Å². The van der Waals surface area contributed by atoms with Crippen LogP contribution in [0.15, 0.2) is 17.3 Å². The molecule has 0 unspecified atom stereocenters. The van der Waals surface area contributed by atoms with Gasteiger partial charge in [-0.1, -0.05) is 13.8 Å². The lowest BCUT2D eigenvalue weighted by Crippen LogP contribution is -2.36. The number of rotatable bonds is 6. The molecular weight excluding hydrogens is 338 g/mol. The fourth-order valence-electron chi connectivity index (χ4n) is 3.72. The maximum Gasteiger partial charge on any atom is 0.246 e. The molecule has 1 aliphatic rings. The summed E-state index contributed by atoms with van der Waals surface area (Å²) in [7, 11) is -0.0386. The third-order valence-corrected chi connectivity index (χ3v) is 7.03. The molecule has 0 spiro atoms. The molecule has 1 atom stereocenters. The van der Waals surface area contributed by atoms with Gasteiger partial charge < -0.3 is 4.57 Å². The molecule has 3 rings (SSSR count). The summed E-state index contributed by atoms with van der Waals surface area (Å²) in [4.78, 5) is 4.74. The molecule has 0 aliphatic carbocycles. The van der Waals surface area contributed by atoms with Crippen molar-refractivity contribution in [1.29, 1.82) is 0 Å². The van der Waals surface area contributed by atoms with Crippen LogP contribution in [0.5, 0.6) is 0 Å². The van der Waals surface area contributed by atoms with E-state index in [4.69, 9.17) is 0 Å². The number of aryl methyl sites for hydroxylation is 3. The van der Waals surface area contributed by atoms with Gasteiger partial charge in [0.1, 0.15) is 10.7 Å². The van der Waals surface area contributed by atoms with E-state index >= 15 is 0 Å². The third kappa shape index (κ3) is 3.25. The van der Waals surface area contributed by atoms with Crippen LogP contribution in [-0.4, -0.2) is 45.6 Å². The molecule has 0 saturated carbocycles. The van der Waals surface area contributed by atoms with Crippen LogP contribution < -0.4 is 0 Å². The van der Waals surface area contributed by atoms with Crippen LogP contribution >= 0.6 is 0 Å². The van der Waals surface area contributed by atoms with Crippen LogP contribution in [0.25, 0.3) is 0 Å². The minimum absolute atomic E-state index is 0.299. The molecule has 3 heterocycles. The highest BCUT2D eigenvalue weighted by Gasteiger charge is 2.32. The van der Waals surface area contributed by atoms with E-state index in [0.29, 0.717) is 35.9 Å². The molecule has 0 amide bonds. The number of hydrogen-bond donors (Lipinski definition) is 0. The third-order valence-electron chi connectivity index (χ3n) is 5.07. The Kier molecular flexibility index (Phi) is 5.02. The minimum atomic E-state index is -3.54. The van der Waals surface area contributed by atoms with E-state index < -0.39 is 10.0 Å². The van der Waals surface area contributed by atoms with Crippen LogP contribution in [0, 0.1) is 5.92 Å². The van der Waals surface area contributed by atoms with E-state index in [1.807, 2.05) is 33.3 Å². The quantitative estimate of drug-likeness (QED) is 0.780. The standard InChI is InChI=1S/C17H27N5O2S/c1-5-14-17(15(6-2)21(4)19-14)25(23,24)20(3)11-13-7-8-16-18-9-10-22(16)12-13/h9-10,13H,5-8,11-12H2,1-4H3/t13-/m1/s1. The number of imidazole rings is 1. The molecule has 0 bridgehead atoms. The van der Waals surface area contributed by atoms with Crippen molar-refractivity contribution in [2.75, 3.05) is 13.6 Å². The molecule has 8 heteroatoms. The number of fused-ring (bicyclic) bond motifs is 1. The Morgan fingerprint density at radius 1 is 1.32 bits per heavy atom. The molecule has 1 aliphatic heterocycles. The van der Waals surface area contributed by atoms with E-state index in [0.717, 1.165) is 30.9 Å². The summed E-state index contributed by atoms with van der Waals surface area (Å²) in [6.45, 7) is 5.25. The van der Waals surface area contributed by atoms with Crippen molar-refractivity contribution in [1.82, 2.24) is 23.6 Å². The zero-order valence-electron chi connectivity index (χ0n) is 15.4. The lowest BCUT2D eigenvalue weighted by Gasteiger charge is -2.28. The number of nitrogens with zero attached hydrogens (tertiary/aromatic N) is 5. The predicted molar refractivity (Wildman–Crippen MR) is 95.8 cm³/mol. The van der Waals surface area contributed by atoms with Crippen molar-refractivity contribution < 1.29 is 8.42 Å². The number of sulfonamides is 1. The molecule has 2 aromatic heterocycles. The van der Waals surface area contributed by atoms with E-state index in [9.17, 15) is 8.42 Å². The van der Waals surface area contributed by atoms with Gasteiger partial charge in [-0.15, -0.1) is 0 Å². The summed E-state index contributed by atoms with van der Waals surface area (Å²) in [5.74, 6) is 1.39. The van der Waals surface area contributed by atoms with E-state index in [1.165, 1.54) is 4.31 Å². The second kappa shape index (κ2) is 6.92. The van der Waals surface area contributed by atoms with Gasteiger partial charge in [0.15, 0.2) is 0 Å². The Morgan fingerprint density at radius 3 is 2.76 bits per heavy atom. The van der Waals surface area contributed by atoms with E-state index in [-0.39, 0.29) is 0 Å². The van der Waals surface area contributed by atoms with Crippen LogP contribution in [0.2, 0.25) is 0 Å². The van der Waals surface area contributed by atoms with Crippen molar-refractivity contribution >= 4 is 10.0 Å². The Balaban J connectivity index is 1.83. The van der Waals surface area contributed by atoms with E-state index in [2.05, 4.69) is 14.6 Å². The van der Waals surface area contributed by atoms with Crippen molar-refractivity contribution in [3.8, 4) is 0 Å². The molecular formula is C17H27N5O2S. The highest BCUT2D eigenvalue weighted by molar-refractivity contribution is 7.89. The van der Waals surface area contributed by atoms with Gasteiger partial charge in [-0.05, 0) is 25.2 Å². The number of hydrogen-bond acceptors (Lipinski definition) is 4. The zero-order valence-corrected chi connectivity index (χ0v) is 16.3. The molecule has 2 aromatic rings. The van der Waals surface area contributed by atoms with Crippen molar-refractivity contribution in [2.24, 2.45) is 13.0 Å². The summed E-state index contributed by atoms with van der Waals surface area (Å²) in [5, 5.41) is 4.42. The zero-order chi connectivity index (χ0) is 18.2. The molecule has 0 fully saturated rings. The Morgan fingerprint density at radius 2 is 2.08 bits per heavy atom. The molecule has 0 N–H and O–H groups in total. The normalized spacial score (nSPS) is 17.9. The Labute approximate surface area is 149 Å². The van der Waals surface area contributed by atoms with Gasteiger partial charge in [0.2, 0.25) is 10.0 Å². The predicted octanol–water partition coefficient (Wildman–Crippen LogP) is 1.62. The highest BCUT2D eigenvalue weighted by Crippen LogP contribution is 2.27. The van der Waals surface area contributed by atoms with Crippen LogP contribution in [-0.2, 0) is 42.9 Å². The summed E-state index contributed by atoms with van der Waals surface area (Å²) < 4.78 is 31.8. The molecule has 25 heavy (non-hydrogen) atoms. The first-order valence-corrected chi connectivity index (χ1v) is 10.3. The van der Waals surface area contributed by atoms with Crippen LogP contribution in [0.1, 0.15) is 37.5 Å². The van der Waals surface area contributed by atoms with E-state index in [1.54, 1.807) is 11.7 Å². The van der Waals surface area contributed by atoms with Gasteiger partial charge in [-0.2, -0.15) is 5.10 Å². The summed E-state index contributed by atoms with van der Waals surface area (Å²) in [6, 6.07) is 0. The molecule has 0 saturated heterocycles. The maximum absolute atomic E-state index is 13.2. The molecule has 0 aromatic carbocycles. The van der Waals surface area contributed by atoms with Gasteiger partial charge in [0, 0.05) is 46.0 Å². The first-order chi connectivity index (χ1) is 11.9. The lowest BCUT2D eigenvalue weighted by atomic mass is 10.00. The summed E-state index contributed by atoms with van der Waals surface area (Å²) in [6.07, 6.45) is 6.91. The van der Waals surface area contributed by atoms with Crippen molar-refractivity contribution in [2.45, 2.75) is 51.0 Å². The SMILES string of the molecule is CCc1nn(C)c(CC)c1S(=O)(=O)N(C)C[C@H]1CCc2nccn2C1. The van der Waals surface area contributed by atoms with Crippen LogP contribution in [0.4, 0.5) is 0 Å². The van der Waals surface area contributed by atoms with Gasteiger partial charge in [0.05, 0.1) is 11.4 Å². The van der Waals surface area contributed by atoms with Gasteiger partial charge in [-0.25, -0.2) is 17.7 Å². The first-order valence-electron chi connectivity index (χ1n) is 8.89. The first kappa shape index (κ1) is 18.1. The molecule has 0 radical (unpaired) electrons. The van der Waals surface area contributed by atoms with Crippen molar-refractivity contribution in [3.05, 3.63) is 29.6 Å². The molecule has 138 valence electrons. The van der Waals surface area contributed by atoms with Gasteiger partial charge in [-0.3, -0.25) is 4.68 Å². The van der Waals surface area contributed by atoms with Gasteiger partial charge in [0.25, 0.3) is 0 Å². The van der Waals surface area contributed by atoms with Crippen molar-refractivity contribution in [3.63, 3.8) is 0 Å². The van der Waals surface area contributed by atoms with Crippen LogP contribution in [0.3, 0.4) is 0 Å². The second-order valence-corrected chi connectivity index (χ2v) is 8.72. The number of aromatic nitrogens is 4. The topological polar surface area (TPSA) is 73.0 Å². The maximum atomic E-state index is 13.2. The Hall–Kier alpha value is -1.67. The lowest BCUT2D eigenvalue weighted by molar-refractivity contribution is 0.303. The largest absolute Gasteiger partial charge is 0.335 e. The minimum Gasteiger partial charge on any atom is -0.335 e. The monoisotopic (exact) mass is 365 g/mol. The fourth-order valence-corrected chi connectivity index (χ4v) is 5.50. The highest BCUT2D eigenvalue weighted by atomic mass is 32.2. The summed E-state index contributed by atoms with van der Waals surface area (Å²) in [5.41, 5.74) is 1.44. The fraction of sp³-hybridized carbons (Fsp3) is 0.647. The average Bonchev–Trinajstić information content (AvgIpc) is 3.17. The average molecular weight is 366 g/mol. The summed E-state index contributed by atoms with van der Waals surface area (Å²) >= 11 is 0. The smallest absolute Gasteiger partial charge is 0.246 e. The Bertz CT molecular complexity index is 853.